The molecule has 0 fully saturated rings. The van der Waals surface area contributed by atoms with E-state index in [0.717, 1.165) is 5.56 Å². The average Bonchev–Trinajstić information content (AvgIpc) is 3.18. The lowest BCUT2D eigenvalue weighted by Gasteiger charge is -2.27. The first-order valence-corrected chi connectivity index (χ1v) is 11.2. The average molecular weight is 475 g/mol. The van der Waals surface area contributed by atoms with Crippen molar-refractivity contribution < 1.29 is 4.79 Å². The molecule has 0 spiro atoms. The Morgan fingerprint density at radius 2 is 2.06 bits per heavy atom. The molecule has 0 aliphatic heterocycles. The smallest absolute Gasteiger partial charge is 0.231 e. The van der Waals surface area contributed by atoms with Gasteiger partial charge in [-0.3, -0.25) is 14.3 Å². The molecule has 3 rings (SSSR count). The van der Waals surface area contributed by atoms with E-state index in [9.17, 15) is 10.1 Å². The highest BCUT2D eigenvalue weighted by atomic mass is 35.5. The van der Waals surface area contributed by atoms with Crippen LogP contribution in [0, 0.1) is 17.2 Å². The summed E-state index contributed by atoms with van der Waals surface area (Å²) < 4.78 is 1.79. The Kier molecular flexibility index (Phi) is 7.21. The summed E-state index contributed by atoms with van der Waals surface area (Å²) >= 11 is 13.5. The van der Waals surface area contributed by atoms with E-state index in [1.807, 2.05) is 19.9 Å². The molecule has 1 N–H and O–H groups in total. The molecule has 0 saturated carbocycles. The second-order valence-corrected chi connectivity index (χ2v) is 9.04. The van der Waals surface area contributed by atoms with Gasteiger partial charge in [-0.1, -0.05) is 48.8 Å². The van der Waals surface area contributed by atoms with Crippen LogP contribution in [0.15, 0.2) is 47.9 Å². The van der Waals surface area contributed by atoms with Crippen molar-refractivity contribution in [2.75, 3.05) is 5.75 Å². The van der Waals surface area contributed by atoms with Crippen molar-refractivity contribution in [3.05, 3.63) is 52.8 Å². The largest absolute Gasteiger partial charge is 0.337 e. The Labute approximate surface area is 194 Å². The summed E-state index contributed by atoms with van der Waals surface area (Å²) in [5.74, 6) is 0.313. The lowest BCUT2D eigenvalue weighted by Crippen LogP contribution is -2.49. The highest BCUT2D eigenvalue weighted by Gasteiger charge is 2.30. The summed E-state index contributed by atoms with van der Waals surface area (Å²) in [5.41, 5.74) is 0.509. The zero-order chi connectivity index (χ0) is 22.6. The fourth-order valence-corrected chi connectivity index (χ4v) is 3.70. The SMILES string of the molecule is CC(C)C(C)(C#N)NC(=O)CSc1nnc(-c2cccnc2)n1-c1ccc(Cl)c(Cl)c1. The van der Waals surface area contributed by atoms with Crippen LogP contribution in [-0.4, -0.2) is 36.9 Å². The topological polar surface area (TPSA) is 96.5 Å². The van der Waals surface area contributed by atoms with E-state index in [2.05, 4.69) is 26.6 Å². The number of carbonyl (C=O) groups excluding carboxylic acids is 1. The number of nitrogens with one attached hydrogen (secondary N) is 1. The lowest BCUT2D eigenvalue weighted by atomic mass is 9.90. The van der Waals surface area contributed by atoms with Crippen molar-refractivity contribution in [3.8, 4) is 23.1 Å². The Bertz CT molecular complexity index is 1130. The van der Waals surface area contributed by atoms with Crippen LogP contribution in [0.4, 0.5) is 0 Å². The van der Waals surface area contributed by atoms with Gasteiger partial charge in [0.1, 0.15) is 5.54 Å². The Balaban J connectivity index is 1.92. The number of pyridine rings is 1. The number of benzene rings is 1. The molecule has 0 radical (unpaired) electrons. The molecular formula is C21H20Cl2N6OS. The van der Waals surface area contributed by atoms with Crippen molar-refractivity contribution in [2.45, 2.75) is 31.5 Å². The zero-order valence-corrected chi connectivity index (χ0v) is 19.5. The van der Waals surface area contributed by atoms with Gasteiger partial charge >= 0.3 is 0 Å². The Morgan fingerprint density at radius 3 is 2.68 bits per heavy atom. The molecule has 0 aliphatic rings. The van der Waals surface area contributed by atoms with Crippen molar-refractivity contribution in [1.82, 2.24) is 25.1 Å². The van der Waals surface area contributed by atoms with Crippen molar-refractivity contribution in [3.63, 3.8) is 0 Å². The number of hydrogen-bond acceptors (Lipinski definition) is 6. The Hall–Kier alpha value is -2.60. The second kappa shape index (κ2) is 9.69. The predicted octanol–water partition coefficient (Wildman–Crippen LogP) is 4.78. The lowest BCUT2D eigenvalue weighted by molar-refractivity contribution is -0.120. The van der Waals surface area contributed by atoms with E-state index in [0.29, 0.717) is 26.7 Å². The maximum atomic E-state index is 12.5. The van der Waals surface area contributed by atoms with Gasteiger partial charge in [-0.25, -0.2) is 0 Å². The summed E-state index contributed by atoms with van der Waals surface area (Å²) in [5, 5.41) is 22.1. The van der Waals surface area contributed by atoms with Crippen molar-refractivity contribution >= 4 is 40.9 Å². The molecule has 3 aromatic rings. The predicted molar refractivity (Wildman–Crippen MR) is 122 cm³/mol. The van der Waals surface area contributed by atoms with Crippen molar-refractivity contribution in [1.29, 1.82) is 5.26 Å². The van der Waals surface area contributed by atoms with Crippen LogP contribution in [0.2, 0.25) is 10.0 Å². The summed E-state index contributed by atoms with van der Waals surface area (Å²) in [7, 11) is 0. The molecule has 10 heteroatoms. The zero-order valence-electron chi connectivity index (χ0n) is 17.1. The molecule has 2 aromatic heterocycles. The summed E-state index contributed by atoms with van der Waals surface area (Å²) in [6, 6.07) is 11.0. The van der Waals surface area contributed by atoms with E-state index >= 15 is 0 Å². The quantitative estimate of drug-likeness (QED) is 0.494. The normalized spacial score (nSPS) is 12.9. The number of hydrogen-bond donors (Lipinski definition) is 1. The first-order valence-electron chi connectivity index (χ1n) is 9.41. The van der Waals surface area contributed by atoms with Gasteiger partial charge in [0.05, 0.1) is 27.6 Å². The molecule has 31 heavy (non-hydrogen) atoms. The molecule has 0 aliphatic carbocycles. The molecule has 0 bridgehead atoms. The standard InChI is InChI=1S/C21H20Cl2N6OS/c1-13(2)21(3,12-24)26-18(30)11-31-20-28-27-19(14-5-4-8-25-10-14)29(20)15-6-7-16(22)17(23)9-15/h4-10,13H,11H2,1-3H3,(H,26,30). The van der Waals surface area contributed by atoms with Crippen molar-refractivity contribution in [2.24, 2.45) is 5.92 Å². The van der Waals surface area contributed by atoms with Gasteiger partial charge < -0.3 is 5.32 Å². The van der Waals surface area contributed by atoms with Gasteiger partial charge in [-0.2, -0.15) is 5.26 Å². The minimum atomic E-state index is -0.949. The van der Waals surface area contributed by atoms with Gasteiger partial charge in [0.2, 0.25) is 5.91 Å². The van der Waals surface area contributed by atoms with Crippen LogP contribution in [0.25, 0.3) is 17.1 Å². The molecule has 1 aromatic carbocycles. The van der Waals surface area contributed by atoms with Crippen LogP contribution in [0.3, 0.4) is 0 Å². The molecule has 160 valence electrons. The van der Waals surface area contributed by atoms with Gasteiger partial charge in [-0.05, 0) is 43.2 Å². The summed E-state index contributed by atoms with van der Waals surface area (Å²) in [6.07, 6.45) is 3.35. The molecular weight excluding hydrogens is 455 g/mol. The van der Waals surface area contributed by atoms with Crippen LogP contribution >= 0.6 is 35.0 Å². The molecule has 1 unspecified atom stereocenters. The monoisotopic (exact) mass is 474 g/mol. The third-order valence-electron chi connectivity index (χ3n) is 4.83. The number of carbonyl (C=O) groups is 1. The minimum absolute atomic E-state index is 0.0384. The van der Waals surface area contributed by atoms with E-state index in [1.165, 1.54) is 11.8 Å². The number of amides is 1. The maximum absolute atomic E-state index is 12.5. The number of nitriles is 1. The number of aromatic nitrogens is 4. The van der Waals surface area contributed by atoms with Gasteiger partial charge in [-0.15, -0.1) is 10.2 Å². The fourth-order valence-electron chi connectivity index (χ4n) is 2.66. The fraction of sp³-hybridized carbons (Fsp3) is 0.286. The third kappa shape index (κ3) is 5.18. The molecule has 1 amide bonds. The molecule has 2 heterocycles. The maximum Gasteiger partial charge on any atom is 0.231 e. The van der Waals surface area contributed by atoms with Crippen LogP contribution in [0.5, 0.6) is 0 Å². The second-order valence-electron chi connectivity index (χ2n) is 7.29. The highest BCUT2D eigenvalue weighted by molar-refractivity contribution is 7.99. The number of halogens is 2. The minimum Gasteiger partial charge on any atom is -0.337 e. The number of thioether (sulfide) groups is 1. The van der Waals surface area contributed by atoms with E-state index in [1.54, 1.807) is 48.1 Å². The van der Waals surface area contributed by atoms with Crippen LogP contribution in [-0.2, 0) is 4.79 Å². The van der Waals surface area contributed by atoms with E-state index in [-0.39, 0.29) is 17.6 Å². The summed E-state index contributed by atoms with van der Waals surface area (Å²) in [4.78, 5) is 16.7. The highest BCUT2D eigenvalue weighted by Crippen LogP contribution is 2.31. The van der Waals surface area contributed by atoms with Gasteiger partial charge in [0, 0.05) is 18.0 Å². The van der Waals surface area contributed by atoms with E-state index < -0.39 is 5.54 Å². The molecule has 7 nitrogen and oxygen atoms in total. The van der Waals surface area contributed by atoms with Crippen LogP contribution < -0.4 is 5.32 Å². The van der Waals surface area contributed by atoms with E-state index in [4.69, 9.17) is 23.2 Å². The Morgan fingerprint density at radius 1 is 1.29 bits per heavy atom. The first kappa shape index (κ1) is 23.1. The number of nitrogens with zero attached hydrogens (tertiary/aromatic N) is 5. The third-order valence-corrected chi connectivity index (χ3v) is 6.50. The van der Waals surface area contributed by atoms with Crippen LogP contribution in [0.1, 0.15) is 20.8 Å². The summed E-state index contributed by atoms with van der Waals surface area (Å²) in [6.45, 7) is 5.48. The van der Waals surface area contributed by atoms with Gasteiger partial charge in [0.15, 0.2) is 11.0 Å². The first-order chi connectivity index (χ1) is 14.7. The number of rotatable bonds is 7. The molecule has 0 saturated heterocycles. The molecule has 1 atom stereocenters. The van der Waals surface area contributed by atoms with Gasteiger partial charge in [0.25, 0.3) is 0 Å².